The Kier molecular flexibility index (Phi) is 3.50. The molecular formula is C11H19NO3. The molecule has 1 aliphatic rings. The minimum Gasteiger partial charge on any atom is -0.481 e. The van der Waals surface area contributed by atoms with Gasteiger partial charge in [-0.2, -0.15) is 0 Å². The van der Waals surface area contributed by atoms with Crippen LogP contribution in [-0.2, 0) is 9.59 Å². The molecule has 1 unspecified atom stereocenters. The first kappa shape index (κ1) is 12.2. The minimum atomic E-state index is -0.932. The van der Waals surface area contributed by atoms with Crippen LogP contribution in [0.4, 0.5) is 0 Å². The first-order valence-electron chi connectivity index (χ1n) is 5.27. The highest BCUT2D eigenvalue weighted by Crippen LogP contribution is 2.26. The zero-order chi connectivity index (χ0) is 11.6. The molecule has 0 bridgehead atoms. The Balaban J connectivity index is 2.52. The normalized spacial score (nSPS) is 23.0. The summed E-state index contributed by atoms with van der Waals surface area (Å²) in [6.07, 6.45) is 1.01. The molecule has 4 heteroatoms. The third-order valence-corrected chi connectivity index (χ3v) is 3.04. The molecule has 1 rings (SSSR count). The summed E-state index contributed by atoms with van der Waals surface area (Å²) in [7, 11) is 1.98. The van der Waals surface area contributed by atoms with E-state index in [-0.39, 0.29) is 18.1 Å². The smallest absolute Gasteiger partial charge is 0.309 e. The number of aliphatic carboxylic acids is 1. The van der Waals surface area contributed by atoms with E-state index in [1.807, 2.05) is 7.05 Å². The maximum Gasteiger partial charge on any atom is 0.309 e. The van der Waals surface area contributed by atoms with E-state index in [2.05, 4.69) is 4.90 Å². The van der Waals surface area contributed by atoms with Gasteiger partial charge in [-0.25, -0.2) is 0 Å². The van der Waals surface area contributed by atoms with Gasteiger partial charge in [0.15, 0.2) is 0 Å². The van der Waals surface area contributed by atoms with E-state index in [1.54, 1.807) is 13.8 Å². The maximum atomic E-state index is 11.8. The SMILES string of the molecule is CN1CCC(C(=O)CC(C)(C)C(=O)O)C1. The number of rotatable bonds is 4. The van der Waals surface area contributed by atoms with E-state index in [0.717, 1.165) is 19.5 Å². The van der Waals surface area contributed by atoms with Gasteiger partial charge >= 0.3 is 5.97 Å². The largest absolute Gasteiger partial charge is 0.481 e. The van der Waals surface area contributed by atoms with Crippen molar-refractivity contribution in [2.24, 2.45) is 11.3 Å². The van der Waals surface area contributed by atoms with Gasteiger partial charge in [-0.3, -0.25) is 9.59 Å². The molecule has 4 nitrogen and oxygen atoms in total. The molecular weight excluding hydrogens is 194 g/mol. The molecule has 1 heterocycles. The first-order valence-corrected chi connectivity index (χ1v) is 5.27. The first-order chi connectivity index (χ1) is 6.83. The molecule has 1 atom stereocenters. The lowest BCUT2D eigenvalue weighted by Crippen LogP contribution is -2.30. The second-order valence-electron chi connectivity index (χ2n) is 5.08. The molecule has 0 spiro atoms. The molecule has 0 radical (unpaired) electrons. The van der Waals surface area contributed by atoms with Crippen molar-refractivity contribution in [3.05, 3.63) is 0 Å². The summed E-state index contributed by atoms with van der Waals surface area (Å²) in [5.74, 6) is -0.775. The van der Waals surface area contributed by atoms with Crippen molar-refractivity contribution in [2.45, 2.75) is 26.7 Å². The molecule has 0 aromatic heterocycles. The summed E-state index contributed by atoms with van der Waals surface area (Å²) in [6, 6.07) is 0. The zero-order valence-electron chi connectivity index (χ0n) is 9.62. The van der Waals surface area contributed by atoms with Crippen molar-refractivity contribution < 1.29 is 14.7 Å². The summed E-state index contributed by atoms with van der Waals surface area (Å²) in [6.45, 7) is 4.91. The summed E-state index contributed by atoms with van der Waals surface area (Å²) in [5, 5.41) is 8.92. The molecule has 0 saturated carbocycles. The Hall–Kier alpha value is -0.900. The summed E-state index contributed by atoms with van der Waals surface area (Å²) in [5.41, 5.74) is -0.932. The second kappa shape index (κ2) is 4.31. The van der Waals surface area contributed by atoms with E-state index in [4.69, 9.17) is 5.11 Å². The van der Waals surface area contributed by atoms with Crippen LogP contribution in [-0.4, -0.2) is 41.9 Å². The molecule has 0 aliphatic carbocycles. The zero-order valence-corrected chi connectivity index (χ0v) is 9.62. The van der Waals surface area contributed by atoms with Gasteiger partial charge in [0.2, 0.25) is 0 Å². The van der Waals surface area contributed by atoms with E-state index in [9.17, 15) is 9.59 Å². The molecule has 1 N–H and O–H groups in total. The molecule has 86 valence electrons. The van der Waals surface area contributed by atoms with Crippen LogP contribution in [0.2, 0.25) is 0 Å². The van der Waals surface area contributed by atoms with Gasteiger partial charge in [-0.1, -0.05) is 0 Å². The van der Waals surface area contributed by atoms with Gasteiger partial charge in [0.05, 0.1) is 5.41 Å². The number of nitrogens with zero attached hydrogens (tertiary/aromatic N) is 1. The Bertz CT molecular complexity index is 273. The van der Waals surface area contributed by atoms with Gasteiger partial charge < -0.3 is 10.0 Å². The molecule has 1 fully saturated rings. The number of Topliss-reactive ketones (excluding diaryl/α,β-unsaturated/α-hetero) is 1. The lowest BCUT2D eigenvalue weighted by atomic mass is 9.83. The number of carbonyl (C=O) groups excluding carboxylic acids is 1. The average Bonchev–Trinajstić information content (AvgIpc) is 2.50. The predicted molar refractivity (Wildman–Crippen MR) is 56.6 cm³/mol. The summed E-state index contributed by atoms with van der Waals surface area (Å²) >= 11 is 0. The van der Waals surface area contributed by atoms with Crippen molar-refractivity contribution >= 4 is 11.8 Å². The third-order valence-electron chi connectivity index (χ3n) is 3.04. The van der Waals surface area contributed by atoms with Gasteiger partial charge in [-0.15, -0.1) is 0 Å². The number of ketones is 1. The Labute approximate surface area is 90.3 Å². The van der Waals surface area contributed by atoms with E-state index < -0.39 is 11.4 Å². The lowest BCUT2D eigenvalue weighted by molar-refractivity contribution is -0.149. The summed E-state index contributed by atoms with van der Waals surface area (Å²) < 4.78 is 0. The van der Waals surface area contributed by atoms with E-state index in [0.29, 0.717) is 0 Å². The fraction of sp³-hybridized carbons (Fsp3) is 0.818. The standard InChI is InChI=1S/C11H19NO3/c1-11(2,10(14)15)6-9(13)8-4-5-12(3)7-8/h8H,4-7H2,1-3H3,(H,14,15). The predicted octanol–water partition coefficient (Wildman–Crippen LogP) is 1.01. The topological polar surface area (TPSA) is 57.6 Å². The second-order valence-corrected chi connectivity index (χ2v) is 5.08. The quantitative estimate of drug-likeness (QED) is 0.757. The molecule has 15 heavy (non-hydrogen) atoms. The van der Waals surface area contributed by atoms with Gasteiger partial charge in [-0.05, 0) is 33.9 Å². The minimum absolute atomic E-state index is 0.0358. The number of carboxylic acids is 1. The van der Waals surface area contributed by atoms with E-state index >= 15 is 0 Å². The monoisotopic (exact) mass is 213 g/mol. The Morgan fingerprint density at radius 1 is 1.47 bits per heavy atom. The molecule has 0 aromatic carbocycles. The summed E-state index contributed by atoms with van der Waals surface area (Å²) in [4.78, 5) is 24.8. The number of carboxylic acid groups (broad SMARTS) is 1. The number of hydrogen-bond donors (Lipinski definition) is 1. The Morgan fingerprint density at radius 2 is 2.07 bits per heavy atom. The van der Waals surface area contributed by atoms with Crippen LogP contribution < -0.4 is 0 Å². The lowest BCUT2D eigenvalue weighted by Gasteiger charge is -2.20. The van der Waals surface area contributed by atoms with Crippen LogP contribution in [0.5, 0.6) is 0 Å². The van der Waals surface area contributed by atoms with Crippen molar-refractivity contribution in [1.82, 2.24) is 4.90 Å². The van der Waals surface area contributed by atoms with Crippen LogP contribution in [0, 0.1) is 11.3 Å². The highest BCUT2D eigenvalue weighted by Gasteiger charge is 2.34. The van der Waals surface area contributed by atoms with Crippen LogP contribution >= 0.6 is 0 Å². The number of hydrogen-bond acceptors (Lipinski definition) is 3. The average molecular weight is 213 g/mol. The van der Waals surface area contributed by atoms with Crippen LogP contribution in [0.3, 0.4) is 0 Å². The van der Waals surface area contributed by atoms with Crippen molar-refractivity contribution in [3.63, 3.8) is 0 Å². The fourth-order valence-electron chi connectivity index (χ4n) is 1.85. The van der Waals surface area contributed by atoms with Crippen LogP contribution in [0.1, 0.15) is 26.7 Å². The maximum absolute atomic E-state index is 11.8. The third kappa shape index (κ3) is 3.02. The fourth-order valence-corrected chi connectivity index (χ4v) is 1.85. The highest BCUT2D eigenvalue weighted by atomic mass is 16.4. The van der Waals surface area contributed by atoms with Crippen molar-refractivity contribution in [3.8, 4) is 0 Å². The van der Waals surface area contributed by atoms with Crippen molar-refractivity contribution in [1.29, 1.82) is 0 Å². The number of likely N-dealkylation sites (tertiary alicyclic amines) is 1. The molecule has 1 aliphatic heterocycles. The van der Waals surface area contributed by atoms with Gasteiger partial charge in [0.1, 0.15) is 5.78 Å². The van der Waals surface area contributed by atoms with Gasteiger partial charge in [0.25, 0.3) is 0 Å². The Morgan fingerprint density at radius 3 is 2.47 bits per heavy atom. The highest BCUT2D eigenvalue weighted by molar-refractivity contribution is 5.87. The molecule has 1 saturated heterocycles. The molecule has 0 amide bonds. The van der Waals surface area contributed by atoms with Gasteiger partial charge in [0, 0.05) is 18.9 Å². The number of carbonyl (C=O) groups is 2. The van der Waals surface area contributed by atoms with E-state index in [1.165, 1.54) is 0 Å². The molecule has 0 aromatic rings. The van der Waals surface area contributed by atoms with Crippen LogP contribution in [0.15, 0.2) is 0 Å². The van der Waals surface area contributed by atoms with Crippen molar-refractivity contribution in [2.75, 3.05) is 20.1 Å². The van der Waals surface area contributed by atoms with Crippen LogP contribution in [0.25, 0.3) is 0 Å².